The molecule has 1 aliphatic carbocycles. The molecule has 306 valence electrons. The number of aryl methyl sites for hydroxylation is 1. The van der Waals surface area contributed by atoms with Gasteiger partial charge in [-0.25, -0.2) is 4.39 Å². The van der Waals surface area contributed by atoms with E-state index in [9.17, 15) is 38.0 Å². The molecule has 2 aromatic rings. The van der Waals surface area contributed by atoms with Gasteiger partial charge in [-0.1, -0.05) is 12.5 Å². The molecule has 1 aromatic carbocycles. The zero-order valence-corrected chi connectivity index (χ0v) is 32.8. The van der Waals surface area contributed by atoms with Gasteiger partial charge in [0, 0.05) is 74.8 Å². The predicted octanol–water partition coefficient (Wildman–Crippen LogP) is 3.03. The van der Waals surface area contributed by atoms with E-state index in [2.05, 4.69) is 31.2 Å². The topological polar surface area (TPSA) is 193 Å². The van der Waals surface area contributed by atoms with Crippen molar-refractivity contribution >= 4 is 53.1 Å². The van der Waals surface area contributed by atoms with Crippen LogP contribution in [-0.2, 0) is 19.2 Å². The summed E-state index contributed by atoms with van der Waals surface area (Å²) in [6.45, 7) is 8.25. The van der Waals surface area contributed by atoms with Gasteiger partial charge in [-0.05, 0) is 94.0 Å². The van der Waals surface area contributed by atoms with Crippen molar-refractivity contribution in [3.05, 3.63) is 81.0 Å². The zero-order chi connectivity index (χ0) is 41.1. The van der Waals surface area contributed by atoms with Crippen molar-refractivity contribution in [1.29, 1.82) is 0 Å². The number of allylic oxidation sites excluding steroid dienone is 2. The van der Waals surface area contributed by atoms with Crippen molar-refractivity contribution in [3.8, 4) is 0 Å². The van der Waals surface area contributed by atoms with Gasteiger partial charge in [-0.15, -0.1) is 0 Å². The molecule has 2 unspecified atom stereocenters. The van der Waals surface area contributed by atoms with Crippen molar-refractivity contribution in [2.45, 2.75) is 77.3 Å². The van der Waals surface area contributed by atoms with E-state index in [0.29, 0.717) is 72.8 Å². The number of carbonyl (C=O) groups is 7. The lowest BCUT2D eigenvalue weighted by Crippen LogP contribution is -2.54. The molecule has 15 nitrogen and oxygen atoms in total. The Morgan fingerprint density at radius 1 is 0.966 bits per heavy atom. The minimum atomic E-state index is -1.02. The predicted molar refractivity (Wildman–Crippen MR) is 212 cm³/mol. The first-order valence-electron chi connectivity index (χ1n) is 20.1. The molecule has 58 heavy (non-hydrogen) atoms. The summed E-state index contributed by atoms with van der Waals surface area (Å²) in [5.74, 6) is -2.86. The van der Waals surface area contributed by atoms with Crippen molar-refractivity contribution in [3.63, 3.8) is 0 Å². The third-order valence-electron chi connectivity index (χ3n) is 11.6. The van der Waals surface area contributed by atoms with Gasteiger partial charge in [0.05, 0.1) is 22.7 Å². The van der Waals surface area contributed by atoms with Gasteiger partial charge in [0.2, 0.25) is 17.7 Å². The molecular formula is C42H49FN8O7. The summed E-state index contributed by atoms with van der Waals surface area (Å²) in [7, 11) is 0. The van der Waals surface area contributed by atoms with Crippen LogP contribution in [0.5, 0.6) is 0 Å². The molecule has 0 saturated carbocycles. The number of hydrogen-bond acceptors (Lipinski definition) is 9. The first-order valence-corrected chi connectivity index (χ1v) is 20.1. The molecule has 4 aliphatic heterocycles. The average molecular weight is 797 g/mol. The molecule has 1 aromatic heterocycles. The van der Waals surface area contributed by atoms with Crippen LogP contribution in [0.15, 0.2) is 47.3 Å². The molecular weight excluding hydrogens is 748 g/mol. The third-order valence-corrected chi connectivity index (χ3v) is 11.6. The first-order chi connectivity index (χ1) is 27.9. The van der Waals surface area contributed by atoms with Crippen molar-refractivity contribution in [1.82, 2.24) is 35.6 Å². The fourth-order valence-corrected chi connectivity index (χ4v) is 8.42. The van der Waals surface area contributed by atoms with Crippen molar-refractivity contribution in [2.75, 3.05) is 51.1 Å². The lowest BCUT2D eigenvalue weighted by Gasteiger charge is -2.34. The Hall–Kier alpha value is -5.90. The monoisotopic (exact) mass is 796 g/mol. The molecule has 0 bridgehead atoms. The molecule has 3 saturated heterocycles. The number of benzene rings is 1. The SMILES string of the molecule is Cc1[nH]c(/C=C2\C(=O)NC3CC=C(F)C=C23)c(C)c1C(=O)NCCCN1CCN(C(=O)CCCCCNc2cccc3c2C(=O)N(C2CCC(=O)NC2=O)C3=O)CC1. The van der Waals surface area contributed by atoms with E-state index in [-0.39, 0.29) is 53.6 Å². The Bertz CT molecular complexity index is 2150. The average Bonchev–Trinajstić information content (AvgIpc) is 3.76. The summed E-state index contributed by atoms with van der Waals surface area (Å²) in [6.07, 6.45) is 8.55. The number of rotatable bonds is 14. The van der Waals surface area contributed by atoms with Gasteiger partial charge in [-0.3, -0.25) is 48.7 Å². The van der Waals surface area contributed by atoms with Gasteiger partial charge in [-0.2, -0.15) is 0 Å². The number of piperazine rings is 1. The number of piperidine rings is 1. The molecule has 5 heterocycles. The summed E-state index contributed by atoms with van der Waals surface area (Å²) in [6, 6.07) is 3.71. The van der Waals surface area contributed by atoms with Gasteiger partial charge >= 0.3 is 0 Å². The number of unbranched alkanes of at least 4 members (excludes halogenated alkanes) is 2. The molecule has 7 rings (SSSR count). The summed E-state index contributed by atoms with van der Waals surface area (Å²) in [4.78, 5) is 97.5. The molecule has 0 spiro atoms. The van der Waals surface area contributed by atoms with Gasteiger partial charge in [0.15, 0.2) is 0 Å². The number of hydrogen-bond donors (Lipinski definition) is 5. The van der Waals surface area contributed by atoms with E-state index in [1.54, 1.807) is 24.3 Å². The Balaban J connectivity index is 0.783. The van der Waals surface area contributed by atoms with Crippen LogP contribution in [0.2, 0.25) is 0 Å². The number of amides is 7. The van der Waals surface area contributed by atoms with E-state index >= 15 is 0 Å². The Labute approximate surface area is 335 Å². The minimum Gasteiger partial charge on any atom is -0.384 e. The van der Waals surface area contributed by atoms with Crippen LogP contribution in [0.25, 0.3) is 6.08 Å². The maximum Gasteiger partial charge on any atom is 0.264 e. The first kappa shape index (κ1) is 40.3. The van der Waals surface area contributed by atoms with E-state index in [1.165, 1.54) is 12.2 Å². The van der Waals surface area contributed by atoms with Crippen LogP contribution in [0.3, 0.4) is 0 Å². The summed E-state index contributed by atoms with van der Waals surface area (Å²) < 4.78 is 13.9. The summed E-state index contributed by atoms with van der Waals surface area (Å²) in [5.41, 5.74) is 4.56. The summed E-state index contributed by atoms with van der Waals surface area (Å²) >= 11 is 0. The molecule has 2 atom stereocenters. The lowest BCUT2D eigenvalue weighted by atomic mass is 9.95. The fraction of sp³-hybridized carbons (Fsp3) is 0.452. The van der Waals surface area contributed by atoms with Crippen LogP contribution < -0.4 is 21.3 Å². The highest BCUT2D eigenvalue weighted by molar-refractivity contribution is 6.25. The number of imide groups is 2. The molecule has 5 aliphatic rings. The minimum absolute atomic E-state index is 0.0590. The van der Waals surface area contributed by atoms with Crippen LogP contribution in [-0.4, -0.2) is 119 Å². The van der Waals surface area contributed by atoms with E-state index in [4.69, 9.17) is 0 Å². The smallest absolute Gasteiger partial charge is 0.264 e. The second-order valence-electron chi connectivity index (χ2n) is 15.4. The standard InChI is InChI=1S/C42H49FN8O7/c1-24-32(23-29-28-22-26(43)11-12-30(28)47-38(29)54)46-25(2)36(24)40(56)45-16-7-17-49-18-20-50(21-19-49)35(53)10-4-3-5-15-44-31-9-6-8-27-37(31)42(58)51(41(27)57)33-13-14-34(52)48-39(33)55/h6,8-9,11,22-23,30,33,44,46H,3-5,7,10,12-21H2,1-2H3,(H,45,56)(H,47,54)(H,48,52,55)/b29-23-. The maximum absolute atomic E-state index is 13.9. The molecule has 5 N–H and O–H groups in total. The van der Waals surface area contributed by atoms with Crippen LogP contribution >= 0.6 is 0 Å². The zero-order valence-electron chi connectivity index (χ0n) is 32.8. The van der Waals surface area contributed by atoms with Crippen LogP contribution in [0.1, 0.15) is 99.4 Å². The number of fused-ring (bicyclic) bond motifs is 2. The number of anilines is 1. The Morgan fingerprint density at radius 2 is 1.76 bits per heavy atom. The van der Waals surface area contributed by atoms with Gasteiger partial charge in [0.25, 0.3) is 23.6 Å². The second kappa shape index (κ2) is 17.3. The van der Waals surface area contributed by atoms with Crippen LogP contribution in [0.4, 0.5) is 10.1 Å². The Morgan fingerprint density at radius 3 is 2.53 bits per heavy atom. The van der Waals surface area contributed by atoms with Crippen molar-refractivity contribution in [2.24, 2.45) is 0 Å². The van der Waals surface area contributed by atoms with E-state index in [0.717, 1.165) is 55.8 Å². The molecule has 3 fully saturated rings. The number of nitrogens with zero attached hydrogens (tertiary/aromatic N) is 3. The quantitative estimate of drug-likeness (QED) is 0.109. The number of aromatic nitrogens is 1. The van der Waals surface area contributed by atoms with Crippen LogP contribution in [0, 0.1) is 13.8 Å². The fourth-order valence-electron chi connectivity index (χ4n) is 8.42. The number of carbonyl (C=O) groups excluding carboxylic acids is 7. The van der Waals surface area contributed by atoms with E-state index in [1.807, 2.05) is 18.7 Å². The number of nitrogens with one attached hydrogen (secondary N) is 5. The van der Waals surface area contributed by atoms with E-state index < -0.39 is 29.7 Å². The maximum atomic E-state index is 13.9. The number of aromatic amines is 1. The third kappa shape index (κ3) is 8.37. The highest BCUT2D eigenvalue weighted by Gasteiger charge is 2.45. The molecule has 16 heteroatoms. The highest BCUT2D eigenvalue weighted by Crippen LogP contribution is 2.34. The normalized spacial score (nSPS) is 21.4. The molecule has 0 radical (unpaired) electrons. The largest absolute Gasteiger partial charge is 0.384 e. The van der Waals surface area contributed by atoms with Gasteiger partial charge < -0.3 is 25.8 Å². The summed E-state index contributed by atoms with van der Waals surface area (Å²) in [5, 5.41) is 11.4. The Kier molecular flexibility index (Phi) is 12.0. The van der Waals surface area contributed by atoms with Gasteiger partial charge in [0.1, 0.15) is 11.9 Å². The molecule has 7 amide bonds. The number of H-pyrrole nitrogens is 1. The second-order valence-corrected chi connectivity index (χ2v) is 15.4. The lowest BCUT2D eigenvalue weighted by molar-refractivity contribution is -0.136. The van der Waals surface area contributed by atoms with Crippen molar-refractivity contribution < 1.29 is 38.0 Å². The highest BCUT2D eigenvalue weighted by atomic mass is 19.1. The number of halogens is 1.